The molecular formula is C13H19NO5S2. The number of rotatable bonds is 8. The minimum absolute atomic E-state index is 0.0584. The van der Waals surface area contributed by atoms with E-state index in [0.717, 1.165) is 0 Å². The largest absolute Gasteiger partial charge is 0.497 e. The highest BCUT2D eigenvalue weighted by Crippen LogP contribution is 2.16. The van der Waals surface area contributed by atoms with Crippen molar-refractivity contribution >= 4 is 28.6 Å². The molecule has 0 aliphatic heterocycles. The van der Waals surface area contributed by atoms with Crippen LogP contribution in [-0.2, 0) is 19.6 Å². The molecule has 0 aromatic heterocycles. The molecule has 0 amide bonds. The molecule has 0 radical (unpaired) electrons. The monoisotopic (exact) mass is 333 g/mol. The number of hydrogen-bond donors (Lipinski definition) is 2. The maximum Gasteiger partial charge on any atom is 0.323 e. The molecule has 1 aromatic carbocycles. The van der Waals surface area contributed by atoms with Crippen molar-refractivity contribution in [3.8, 4) is 5.75 Å². The first-order chi connectivity index (χ1) is 9.94. The van der Waals surface area contributed by atoms with Gasteiger partial charge in [0.2, 0.25) is 10.0 Å². The highest BCUT2D eigenvalue weighted by Gasteiger charge is 2.25. The number of sulfonamides is 1. The zero-order valence-corrected chi connectivity index (χ0v) is 13.6. The van der Waals surface area contributed by atoms with Crippen molar-refractivity contribution in [1.29, 1.82) is 0 Å². The van der Waals surface area contributed by atoms with Gasteiger partial charge in [0.15, 0.2) is 0 Å². The Balaban J connectivity index is 2.90. The Hall–Kier alpha value is -1.25. The number of methoxy groups -OCH3 is 2. The molecule has 21 heavy (non-hydrogen) atoms. The van der Waals surface area contributed by atoms with Crippen molar-refractivity contribution in [2.75, 3.05) is 20.0 Å². The van der Waals surface area contributed by atoms with Crippen molar-refractivity contribution in [2.45, 2.75) is 23.8 Å². The van der Waals surface area contributed by atoms with E-state index < -0.39 is 22.0 Å². The van der Waals surface area contributed by atoms with Gasteiger partial charge in [0.1, 0.15) is 11.8 Å². The first-order valence-corrected chi connectivity index (χ1v) is 8.41. The highest BCUT2D eigenvalue weighted by molar-refractivity contribution is 7.89. The fraction of sp³-hybridized carbons (Fsp3) is 0.462. The van der Waals surface area contributed by atoms with E-state index in [0.29, 0.717) is 24.3 Å². The highest BCUT2D eigenvalue weighted by atomic mass is 32.2. The van der Waals surface area contributed by atoms with E-state index >= 15 is 0 Å². The molecular weight excluding hydrogens is 314 g/mol. The summed E-state index contributed by atoms with van der Waals surface area (Å²) in [5.74, 6) is 0.486. The topological polar surface area (TPSA) is 81.7 Å². The summed E-state index contributed by atoms with van der Waals surface area (Å²) in [6.07, 6.45) is 0.916. The Morgan fingerprint density at radius 1 is 1.29 bits per heavy atom. The Kier molecular flexibility index (Phi) is 7.00. The van der Waals surface area contributed by atoms with Crippen molar-refractivity contribution in [2.24, 2.45) is 0 Å². The fourth-order valence-electron chi connectivity index (χ4n) is 1.67. The second kappa shape index (κ2) is 8.26. The lowest BCUT2D eigenvalue weighted by molar-refractivity contribution is -0.142. The lowest BCUT2D eigenvalue weighted by Crippen LogP contribution is -2.41. The van der Waals surface area contributed by atoms with Crippen molar-refractivity contribution < 1.29 is 22.7 Å². The number of carbonyl (C=O) groups is 1. The van der Waals surface area contributed by atoms with Gasteiger partial charge in [0, 0.05) is 0 Å². The van der Waals surface area contributed by atoms with E-state index in [9.17, 15) is 13.2 Å². The zero-order valence-electron chi connectivity index (χ0n) is 11.9. The summed E-state index contributed by atoms with van der Waals surface area (Å²) in [4.78, 5) is 11.7. The van der Waals surface area contributed by atoms with Crippen LogP contribution in [0.1, 0.15) is 12.8 Å². The quantitative estimate of drug-likeness (QED) is 0.552. The van der Waals surface area contributed by atoms with Crippen LogP contribution in [0.25, 0.3) is 0 Å². The smallest absolute Gasteiger partial charge is 0.323 e. The normalized spacial score (nSPS) is 12.7. The van der Waals surface area contributed by atoms with Crippen LogP contribution in [0.5, 0.6) is 5.75 Å². The molecule has 8 heteroatoms. The number of thiol groups is 1. The van der Waals surface area contributed by atoms with Crippen LogP contribution in [0.2, 0.25) is 0 Å². The van der Waals surface area contributed by atoms with E-state index in [1.54, 1.807) is 0 Å². The Morgan fingerprint density at radius 2 is 1.90 bits per heavy atom. The molecule has 0 bridgehead atoms. The van der Waals surface area contributed by atoms with Gasteiger partial charge in [-0.05, 0) is 42.9 Å². The second-order valence-electron chi connectivity index (χ2n) is 4.24. The maximum absolute atomic E-state index is 12.2. The Morgan fingerprint density at radius 3 is 2.38 bits per heavy atom. The first kappa shape index (κ1) is 17.8. The maximum atomic E-state index is 12.2. The summed E-state index contributed by atoms with van der Waals surface area (Å²) in [7, 11) is -1.09. The molecule has 0 fully saturated rings. The lowest BCUT2D eigenvalue weighted by atomic mass is 10.2. The van der Waals surface area contributed by atoms with Crippen LogP contribution in [0.15, 0.2) is 29.2 Å². The second-order valence-corrected chi connectivity index (χ2v) is 6.40. The van der Waals surface area contributed by atoms with E-state index in [1.807, 2.05) is 0 Å². The summed E-state index contributed by atoms with van der Waals surface area (Å²) in [5.41, 5.74) is 0. The molecule has 1 atom stereocenters. The fourth-order valence-corrected chi connectivity index (χ4v) is 3.07. The molecule has 0 aliphatic carbocycles. The third kappa shape index (κ3) is 5.22. The molecule has 0 heterocycles. The Bertz CT molecular complexity index is 556. The standard InChI is InChI=1S/C13H19NO5S2/c1-18-10-5-7-11(8-6-10)21(16,17)14-12(4-3-9-20)13(15)19-2/h5-8,12,14,20H,3-4,9H2,1-2H3. The van der Waals surface area contributed by atoms with E-state index in [4.69, 9.17) is 4.74 Å². The van der Waals surface area contributed by atoms with Crippen molar-refractivity contribution in [1.82, 2.24) is 4.72 Å². The van der Waals surface area contributed by atoms with Gasteiger partial charge < -0.3 is 9.47 Å². The molecule has 0 saturated heterocycles. The third-order valence-corrected chi connectivity index (χ3v) is 4.61. The minimum Gasteiger partial charge on any atom is -0.497 e. The third-order valence-electron chi connectivity index (χ3n) is 2.80. The summed E-state index contributed by atoms with van der Waals surface area (Å²) < 4.78 is 36.4. The summed E-state index contributed by atoms with van der Waals surface area (Å²) in [6.45, 7) is 0. The minimum atomic E-state index is -3.80. The van der Waals surface area contributed by atoms with Gasteiger partial charge >= 0.3 is 5.97 Å². The van der Waals surface area contributed by atoms with Crippen molar-refractivity contribution in [3.63, 3.8) is 0 Å². The van der Waals surface area contributed by atoms with Crippen molar-refractivity contribution in [3.05, 3.63) is 24.3 Å². The van der Waals surface area contributed by atoms with Crippen LogP contribution in [0.4, 0.5) is 0 Å². The first-order valence-electron chi connectivity index (χ1n) is 6.29. The van der Waals surface area contributed by atoms with Gasteiger partial charge in [-0.25, -0.2) is 8.42 Å². The van der Waals surface area contributed by atoms with E-state index in [1.165, 1.54) is 38.5 Å². The summed E-state index contributed by atoms with van der Waals surface area (Å²) in [5, 5.41) is 0. The van der Waals surface area contributed by atoms with Crippen LogP contribution in [0.3, 0.4) is 0 Å². The van der Waals surface area contributed by atoms with Crippen LogP contribution >= 0.6 is 12.6 Å². The lowest BCUT2D eigenvalue weighted by Gasteiger charge is -2.16. The molecule has 0 spiro atoms. The number of benzene rings is 1. The van der Waals surface area contributed by atoms with Gasteiger partial charge in [-0.2, -0.15) is 17.4 Å². The van der Waals surface area contributed by atoms with Gasteiger partial charge in [-0.1, -0.05) is 0 Å². The average Bonchev–Trinajstić information content (AvgIpc) is 2.50. The SMILES string of the molecule is COC(=O)C(CCCS)NS(=O)(=O)c1ccc(OC)cc1. The van der Waals surface area contributed by atoms with E-state index in [-0.39, 0.29) is 4.90 Å². The molecule has 118 valence electrons. The summed E-state index contributed by atoms with van der Waals surface area (Å²) >= 11 is 4.05. The molecule has 6 nitrogen and oxygen atoms in total. The van der Waals surface area contributed by atoms with Crippen LogP contribution in [0, 0.1) is 0 Å². The molecule has 1 rings (SSSR count). The van der Waals surface area contributed by atoms with Crippen LogP contribution in [-0.4, -0.2) is 40.4 Å². The summed E-state index contributed by atoms with van der Waals surface area (Å²) in [6, 6.07) is 4.97. The number of nitrogens with one attached hydrogen (secondary N) is 1. The number of hydrogen-bond acceptors (Lipinski definition) is 6. The molecule has 0 saturated carbocycles. The predicted molar refractivity (Wildman–Crippen MR) is 82.2 cm³/mol. The Labute approximate surface area is 130 Å². The molecule has 1 unspecified atom stereocenters. The number of esters is 1. The van der Waals surface area contributed by atoms with Gasteiger partial charge in [-0.15, -0.1) is 0 Å². The number of ether oxygens (including phenoxy) is 2. The van der Waals surface area contributed by atoms with Gasteiger partial charge in [0.05, 0.1) is 19.1 Å². The predicted octanol–water partition coefficient (Wildman–Crippen LogP) is 1.23. The molecule has 0 aliphatic rings. The van der Waals surface area contributed by atoms with E-state index in [2.05, 4.69) is 22.1 Å². The molecule has 1 aromatic rings. The average molecular weight is 333 g/mol. The number of carbonyl (C=O) groups excluding carboxylic acids is 1. The molecule has 1 N–H and O–H groups in total. The zero-order chi connectivity index (χ0) is 15.9. The van der Waals surface area contributed by atoms with Gasteiger partial charge in [0.25, 0.3) is 0 Å². The van der Waals surface area contributed by atoms with Crippen LogP contribution < -0.4 is 9.46 Å². The van der Waals surface area contributed by atoms with Gasteiger partial charge in [-0.3, -0.25) is 4.79 Å².